The van der Waals surface area contributed by atoms with Gasteiger partial charge in [-0.1, -0.05) is 24.6 Å². The highest BCUT2D eigenvalue weighted by atomic mass is 35.5. The molecule has 0 aliphatic carbocycles. The van der Waals surface area contributed by atoms with E-state index in [1.807, 2.05) is 18.4 Å². The van der Waals surface area contributed by atoms with E-state index in [1.165, 1.54) is 6.07 Å². The van der Waals surface area contributed by atoms with Crippen molar-refractivity contribution in [2.75, 3.05) is 0 Å². The highest BCUT2D eigenvalue weighted by molar-refractivity contribution is 7.09. The van der Waals surface area contributed by atoms with Crippen LogP contribution in [0.25, 0.3) is 0 Å². The van der Waals surface area contributed by atoms with Crippen LogP contribution < -0.4 is 5.32 Å². The van der Waals surface area contributed by atoms with Gasteiger partial charge in [0.25, 0.3) is 0 Å². The normalized spacial score (nSPS) is 14.3. The molecule has 0 bridgehead atoms. The van der Waals surface area contributed by atoms with Gasteiger partial charge in [-0.2, -0.15) is 0 Å². The molecular weight excluding hydrogens is 283 g/mol. The summed E-state index contributed by atoms with van der Waals surface area (Å²) in [5.41, 5.74) is 0.886. The van der Waals surface area contributed by atoms with Crippen LogP contribution in [0.4, 0.5) is 4.39 Å². The number of nitrogens with one attached hydrogen (secondary N) is 1. The predicted molar refractivity (Wildman–Crippen MR) is 78.1 cm³/mol. The van der Waals surface area contributed by atoms with Gasteiger partial charge in [0.05, 0.1) is 11.1 Å². The van der Waals surface area contributed by atoms with Crippen molar-refractivity contribution in [1.82, 2.24) is 10.3 Å². The lowest BCUT2D eigenvalue weighted by atomic mass is 10.1. The lowest BCUT2D eigenvalue weighted by molar-refractivity contribution is 0.453. The fraction of sp³-hybridized carbons (Fsp3) is 0.357. The molecule has 0 aliphatic rings. The topological polar surface area (TPSA) is 24.9 Å². The van der Waals surface area contributed by atoms with Gasteiger partial charge in [-0.25, -0.2) is 9.37 Å². The fourth-order valence-corrected chi connectivity index (χ4v) is 2.85. The minimum atomic E-state index is -0.380. The smallest absolute Gasteiger partial charge is 0.142 e. The number of halogens is 2. The molecule has 5 heteroatoms. The monoisotopic (exact) mass is 298 g/mol. The Hall–Kier alpha value is -0.970. The Morgan fingerprint density at radius 2 is 2.26 bits per heavy atom. The summed E-state index contributed by atoms with van der Waals surface area (Å²) in [7, 11) is 0. The van der Waals surface area contributed by atoms with Gasteiger partial charge >= 0.3 is 0 Å². The molecule has 2 unspecified atom stereocenters. The third-order valence-corrected chi connectivity index (χ3v) is 4.25. The first-order chi connectivity index (χ1) is 9.11. The molecule has 0 saturated heterocycles. The summed E-state index contributed by atoms with van der Waals surface area (Å²) >= 11 is 7.33. The second kappa shape index (κ2) is 6.46. The van der Waals surface area contributed by atoms with Crippen LogP contribution in [0.1, 0.15) is 42.9 Å². The molecule has 1 aromatic heterocycles. The highest BCUT2D eigenvalue weighted by Gasteiger charge is 2.16. The van der Waals surface area contributed by atoms with Crippen LogP contribution in [-0.4, -0.2) is 4.98 Å². The second-order valence-electron chi connectivity index (χ2n) is 4.39. The van der Waals surface area contributed by atoms with Crippen molar-refractivity contribution in [2.24, 2.45) is 0 Å². The first-order valence-corrected chi connectivity index (χ1v) is 7.48. The number of rotatable bonds is 5. The van der Waals surface area contributed by atoms with E-state index in [0.717, 1.165) is 17.0 Å². The summed E-state index contributed by atoms with van der Waals surface area (Å²) in [5, 5.41) is 6.65. The molecule has 0 aliphatic heterocycles. The Morgan fingerprint density at radius 3 is 2.84 bits per heavy atom. The standard InChI is InChI=1S/C14H16ClFN2S/c1-3-13(14-17-6-7-19-14)18-9(2)10-4-5-11(15)12(16)8-10/h4-9,13,18H,3H2,1-2H3. The van der Waals surface area contributed by atoms with Crippen molar-refractivity contribution in [3.8, 4) is 0 Å². The molecule has 2 nitrogen and oxygen atoms in total. The zero-order valence-corrected chi connectivity index (χ0v) is 12.4. The minimum Gasteiger partial charge on any atom is -0.301 e. The Balaban J connectivity index is 2.11. The predicted octanol–water partition coefficient (Wildman–Crippen LogP) is 4.74. The van der Waals surface area contributed by atoms with Gasteiger partial charge in [-0.15, -0.1) is 11.3 Å². The van der Waals surface area contributed by atoms with Crippen LogP contribution in [0.5, 0.6) is 0 Å². The molecule has 0 fully saturated rings. The quantitative estimate of drug-likeness (QED) is 0.862. The zero-order chi connectivity index (χ0) is 13.8. The van der Waals surface area contributed by atoms with Crippen molar-refractivity contribution >= 4 is 22.9 Å². The average Bonchev–Trinajstić information content (AvgIpc) is 2.92. The van der Waals surface area contributed by atoms with Gasteiger partial charge in [0.1, 0.15) is 10.8 Å². The van der Waals surface area contributed by atoms with Gasteiger partial charge < -0.3 is 5.32 Å². The van der Waals surface area contributed by atoms with E-state index in [2.05, 4.69) is 17.2 Å². The van der Waals surface area contributed by atoms with Crippen molar-refractivity contribution in [3.63, 3.8) is 0 Å². The van der Waals surface area contributed by atoms with E-state index in [0.29, 0.717) is 0 Å². The largest absolute Gasteiger partial charge is 0.301 e. The molecule has 19 heavy (non-hydrogen) atoms. The Morgan fingerprint density at radius 1 is 1.47 bits per heavy atom. The van der Waals surface area contributed by atoms with Crippen LogP contribution in [0.3, 0.4) is 0 Å². The number of hydrogen-bond donors (Lipinski definition) is 1. The molecule has 102 valence electrons. The molecule has 1 heterocycles. The van der Waals surface area contributed by atoms with E-state index in [4.69, 9.17) is 11.6 Å². The molecule has 0 amide bonds. The Bertz CT molecular complexity index is 530. The van der Waals surface area contributed by atoms with Gasteiger partial charge in [0, 0.05) is 17.6 Å². The van der Waals surface area contributed by atoms with E-state index in [9.17, 15) is 4.39 Å². The summed E-state index contributed by atoms with van der Waals surface area (Å²) < 4.78 is 13.5. The minimum absolute atomic E-state index is 0.0422. The second-order valence-corrected chi connectivity index (χ2v) is 5.73. The summed E-state index contributed by atoms with van der Waals surface area (Å²) in [4.78, 5) is 4.33. The van der Waals surface area contributed by atoms with Crippen LogP contribution in [-0.2, 0) is 0 Å². The highest BCUT2D eigenvalue weighted by Crippen LogP contribution is 2.25. The van der Waals surface area contributed by atoms with Gasteiger partial charge in [-0.05, 0) is 31.0 Å². The number of benzene rings is 1. The number of hydrogen-bond acceptors (Lipinski definition) is 3. The first kappa shape index (κ1) is 14.4. The molecule has 2 rings (SSSR count). The summed E-state index contributed by atoms with van der Waals surface area (Å²) in [6.45, 7) is 4.12. The third-order valence-electron chi connectivity index (χ3n) is 3.05. The Kier molecular flexibility index (Phi) is 4.91. The maximum Gasteiger partial charge on any atom is 0.142 e. The van der Waals surface area contributed by atoms with E-state index < -0.39 is 0 Å². The number of thiazole rings is 1. The van der Waals surface area contributed by atoms with Crippen molar-refractivity contribution in [2.45, 2.75) is 32.4 Å². The summed E-state index contributed by atoms with van der Waals surface area (Å²) in [6.07, 6.45) is 2.74. The maximum atomic E-state index is 13.5. The van der Waals surface area contributed by atoms with Crippen LogP contribution in [0.15, 0.2) is 29.8 Å². The van der Waals surface area contributed by atoms with Crippen LogP contribution in [0.2, 0.25) is 5.02 Å². The van der Waals surface area contributed by atoms with Crippen molar-refractivity contribution in [1.29, 1.82) is 0 Å². The first-order valence-electron chi connectivity index (χ1n) is 6.22. The molecule has 0 radical (unpaired) electrons. The SMILES string of the molecule is CCC(NC(C)c1ccc(Cl)c(F)c1)c1nccs1. The van der Waals surface area contributed by atoms with Crippen LogP contribution >= 0.6 is 22.9 Å². The third kappa shape index (κ3) is 3.53. The fourth-order valence-electron chi connectivity index (χ4n) is 1.95. The van der Waals surface area contributed by atoms with Crippen LogP contribution in [0, 0.1) is 5.82 Å². The lowest BCUT2D eigenvalue weighted by Gasteiger charge is -2.21. The molecule has 1 aromatic carbocycles. The Labute approximate surface area is 121 Å². The lowest BCUT2D eigenvalue weighted by Crippen LogP contribution is -2.24. The molecular formula is C14H16ClFN2S. The van der Waals surface area contributed by atoms with Crippen molar-refractivity contribution in [3.05, 3.63) is 51.2 Å². The number of aromatic nitrogens is 1. The molecule has 2 aromatic rings. The zero-order valence-electron chi connectivity index (χ0n) is 10.9. The summed E-state index contributed by atoms with van der Waals surface area (Å²) in [5.74, 6) is -0.380. The van der Waals surface area contributed by atoms with E-state index in [1.54, 1.807) is 23.6 Å². The molecule has 1 N–H and O–H groups in total. The molecule has 0 saturated carbocycles. The van der Waals surface area contributed by atoms with Gasteiger partial charge in [-0.3, -0.25) is 0 Å². The van der Waals surface area contributed by atoms with Crippen molar-refractivity contribution < 1.29 is 4.39 Å². The number of nitrogens with zero attached hydrogens (tertiary/aromatic N) is 1. The maximum absolute atomic E-state index is 13.5. The molecule has 2 atom stereocenters. The average molecular weight is 299 g/mol. The molecule has 0 spiro atoms. The van der Waals surface area contributed by atoms with Gasteiger partial charge in [0.15, 0.2) is 0 Å². The van der Waals surface area contributed by atoms with E-state index >= 15 is 0 Å². The van der Waals surface area contributed by atoms with E-state index in [-0.39, 0.29) is 22.9 Å². The summed E-state index contributed by atoms with van der Waals surface area (Å²) in [6, 6.07) is 5.15. The van der Waals surface area contributed by atoms with Gasteiger partial charge in [0.2, 0.25) is 0 Å².